The Kier molecular flexibility index (Phi) is 4.78. The molecule has 2 saturated heterocycles. The van der Waals surface area contributed by atoms with E-state index >= 15 is 0 Å². The molecule has 6 aliphatic rings. The molecule has 5 unspecified atom stereocenters. The second-order valence-corrected chi connectivity index (χ2v) is 13.2. The van der Waals surface area contributed by atoms with Crippen LogP contribution in [-0.2, 0) is 9.47 Å². The fourth-order valence-corrected chi connectivity index (χ4v) is 10.3. The smallest absolute Gasteiger partial charge is 0.171 e. The summed E-state index contributed by atoms with van der Waals surface area (Å²) < 4.78 is 13.3. The predicted octanol–water partition coefficient (Wildman–Crippen LogP) is 4.76. The topological polar surface area (TPSA) is 58.9 Å². The highest BCUT2D eigenvalue weighted by molar-refractivity contribution is 5.15. The summed E-state index contributed by atoms with van der Waals surface area (Å²) in [4.78, 5) is 0. The Bertz CT molecular complexity index is 716. The van der Waals surface area contributed by atoms with E-state index in [-0.39, 0.29) is 11.2 Å². The highest BCUT2D eigenvalue weighted by Gasteiger charge is 2.69. The van der Waals surface area contributed by atoms with Crippen molar-refractivity contribution in [3.63, 3.8) is 0 Å². The van der Waals surface area contributed by atoms with Crippen LogP contribution < -0.4 is 0 Å². The van der Waals surface area contributed by atoms with Gasteiger partial charge in [-0.25, -0.2) is 0 Å². The summed E-state index contributed by atoms with van der Waals surface area (Å²) in [6, 6.07) is 0. The standard InChI is InChI=1S/C27H44O4/c1-15-7-10-27(30-14-15)16(2)24-23(31-27)12-20-18-6-5-17-11-21(28)22(29)13-26(17,4)19(18)8-9-25(20,24)3/h15-24,28-29H,5-14H2,1-4H3/t15-,16?,17+,18?,19?,20+,21-,22-,23?,24?,25+,26+,27-/m1/s1. The summed E-state index contributed by atoms with van der Waals surface area (Å²) in [5.74, 6) is 4.21. The zero-order valence-corrected chi connectivity index (χ0v) is 20.1. The van der Waals surface area contributed by atoms with Gasteiger partial charge in [-0.1, -0.05) is 27.7 Å². The van der Waals surface area contributed by atoms with Gasteiger partial charge in [0.2, 0.25) is 0 Å². The quantitative estimate of drug-likeness (QED) is 0.579. The first kappa shape index (κ1) is 21.4. The Hall–Kier alpha value is -0.160. The molecule has 31 heavy (non-hydrogen) atoms. The Labute approximate surface area is 188 Å². The molecule has 1 spiro atoms. The van der Waals surface area contributed by atoms with Crippen molar-refractivity contribution in [3.05, 3.63) is 0 Å². The normalized spacial score (nSPS) is 63.3. The predicted molar refractivity (Wildman–Crippen MR) is 119 cm³/mol. The third-order valence-corrected chi connectivity index (χ3v) is 12.0. The Morgan fingerprint density at radius 2 is 1.65 bits per heavy atom. The molecule has 2 N–H and O–H groups in total. The highest BCUT2D eigenvalue weighted by Crippen LogP contribution is 2.71. The van der Waals surface area contributed by atoms with Crippen LogP contribution in [0.3, 0.4) is 0 Å². The highest BCUT2D eigenvalue weighted by atomic mass is 16.7. The van der Waals surface area contributed by atoms with Gasteiger partial charge in [0.1, 0.15) is 0 Å². The van der Waals surface area contributed by atoms with Gasteiger partial charge in [-0.15, -0.1) is 0 Å². The molecule has 2 aliphatic heterocycles. The van der Waals surface area contributed by atoms with Crippen LogP contribution in [-0.4, -0.2) is 40.9 Å². The number of aliphatic hydroxyl groups is 2. The van der Waals surface area contributed by atoms with Crippen LogP contribution in [0.4, 0.5) is 0 Å². The molecule has 4 aliphatic carbocycles. The van der Waals surface area contributed by atoms with Crippen molar-refractivity contribution in [1.82, 2.24) is 0 Å². The van der Waals surface area contributed by atoms with E-state index in [1.54, 1.807) is 0 Å². The lowest BCUT2D eigenvalue weighted by atomic mass is 9.44. The van der Waals surface area contributed by atoms with Gasteiger partial charge in [0.15, 0.2) is 5.79 Å². The summed E-state index contributed by atoms with van der Waals surface area (Å²) in [7, 11) is 0. The van der Waals surface area contributed by atoms with Crippen LogP contribution >= 0.6 is 0 Å². The molecule has 0 bridgehead atoms. The first-order valence-electron chi connectivity index (χ1n) is 13.4. The van der Waals surface area contributed by atoms with E-state index in [9.17, 15) is 10.2 Å². The molecule has 0 aromatic carbocycles. The van der Waals surface area contributed by atoms with Gasteiger partial charge < -0.3 is 19.7 Å². The SMILES string of the molecule is CC1C2C(C[C@H]3C4CC[C@H]5C[C@@H](O)[C@H](O)C[C@]5(C)C4CC[C@]23C)O[C@]12CC[C@@H](C)CO2. The van der Waals surface area contributed by atoms with Gasteiger partial charge in [-0.3, -0.25) is 0 Å². The number of rotatable bonds is 0. The molecule has 4 nitrogen and oxygen atoms in total. The van der Waals surface area contributed by atoms with Gasteiger partial charge in [0, 0.05) is 12.3 Å². The number of fused-ring (bicyclic) bond motifs is 7. The van der Waals surface area contributed by atoms with Crippen LogP contribution in [0, 0.1) is 52.3 Å². The number of hydrogen-bond acceptors (Lipinski definition) is 4. The van der Waals surface area contributed by atoms with Gasteiger partial charge in [0.05, 0.1) is 24.9 Å². The van der Waals surface area contributed by atoms with Crippen LogP contribution in [0.2, 0.25) is 0 Å². The minimum absolute atomic E-state index is 0.191. The zero-order chi connectivity index (χ0) is 21.8. The summed E-state index contributed by atoms with van der Waals surface area (Å²) in [6.45, 7) is 10.6. The molecule has 13 atom stereocenters. The maximum atomic E-state index is 10.6. The second-order valence-electron chi connectivity index (χ2n) is 13.2. The largest absolute Gasteiger partial charge is 0.390 e. The first-order valence-corrected chi connectivity index (χ1v) is 13.4. The van der Waals surface area contributed by atoms with E-state index in [1.807, 2.05) is 0 Å². The molecule has 0 radical (unpaired) electrons. The summed E-state index contributed by atoms with van der Waals surface area (Å²) >= 11 is 0. The molecule has 176 valence electrons. The second kappa shape index (κ2) is 6.93. The van der Waals surface area contributed by atoms with E-state index in [0.29, 0.717) is 41.1 Å². The molecule has 0 aromatic heterocycles. The van der Waals surface area contributed by atoms with E-state index in [0.717, 1.165) is 37.7 Å². The Morgan fingerprint density at radius 1 is 0.839 bits per heavy atom. The van der Waals surface area contributed by atoms with Crippen molar-refractivity contribution in [2.75, 3.05) is 6.61 Å². The van der Waals surface area contributed by atoms with Gasteiger partial charge >= 0.3 is 0 Å². The molecule has 4 heteroatoms. The Morgan fingerprint density at radius 3 is 2.39 bits per heavy atom. The number of aliphatic hydroxyl groups excluding tert-OH is 2. The third kappa shape index (κ3) is 2.80. The molecule has 0 aromatic rings. The summed E-state index contributed by atoms with van der Waals surface area (Å²) in [5.41, 5.74) is 0.550. The van der Waals surface area contributed by atoms with Crippen molar-refractivity contribution in [2.24, 2.45) is 52.3 Å². The molecule has 0 amide bonds. The third-order valence-electron chi connectivity index (χ3n) is 12.0. The van der Waals surface area contributed by atoms with Crippen molar-refractivity contribution in [3.8, 4) is 0 Å². The summed E-state index contributed by atoms with van der Waals surface area (Å²) in [6.07, 6.45) is 9.51. The molecular weight excluding hydrogens is 388 g/mol. The minimum Gasteiger partial charge on any atom is -0.390 e. The lowest BCUT2D eigenvalue weighted by molar-refractivity contribution is -0.273. The average molecular weight is 433 g/mol. The molecule has 6 rings (SSSR count). The van der Waals surface area contributed by atoms with Gasteiger partial charge in [-0.05, 0) is 97.7 Å². The van der Waals surface area contributed by atoms with Crippen LogP contribution in [0.5, 0.6) is 0 Å². The molecule has 4 saturated carbocycles. The maximum Gasteiger partial charge on any atom is 0.171 e. The zero-order valence-electron chi connectivity index (χ0n) is 20.1. The first-order chi connectivity index (χ1) is 14.7. The van der Waals surface area contributed by atoms with Gasteiger partial charge in [-0.2, -0.15) is 0 Å². The lowest BCUT2D eigenvalue weighted by Gasteiger charge is -2.61. The van der Waals surface area contributed by atoms with Crippen LogP contribution in [0.1, 0.15) is 85.5 Å². The molecular formula is C27H44O4. The fourth-order valence-electron chi connectivity index (χ4n) is 10.3. The Balaban J connectivity index is 1.26. The van der Waals surface area contributed by atoms with Crippen molar-refractivity contribution < 1.29 is 19.7 Å². The van der Waals surface area contributed by atoms with Crippen LogP contribution in [0.25, 0.3) is 0 Å². The van der Waals surface area contributed by atoms with E-state index in [4.69, 9.17) is 9.47 Å². The molecule has 6 fully saturated rings. The van der Waals surface area contributed by atoms with Crippen molar-refractivity contribution in [2.45, 2.75) is 110 Å². The van der Waals surface area contributed by atoms with Gasteiger partial charge in [0.25, 0.3) is 0 Å². The van der Waals surface area contributed by atoms with Crippen molar-refractivity contribution in [1.29, 1.82) is 0 Å². The average Bonchev–Trinajstić information content (AvgIpc) is 3.16. The monoisotopic (exact) mass is 432 g/mol. The van der Waals surface area contributed by atoms with Crippen molar-refractivity contribution >= 4 is 0 Å². The molecule has 2 heterocycles. The van der Waals surface area contributed by atoms with E-state index < -0.39 is 12.2 Å². The van der Waals surface area contributed by atoms with E-state index in [1.165, 1.54) is 38.5 Å². The summed E-state index contributed by atoms with van der Waals surface area (Å²) in [5, 5.41) is 20.9. The number of ether oxygens (including phenoxy) is 2. The lowest BCUT2D eigenvalue weighted by Crippen LogP contribution is -2.57. The minimum atomic E-state index is -0.537. The number of hydrogen-bond donors (Lipinski definition) is 2. The fraction of sp³-hybridized carbons (Fsp3) is 1.00. The van der Waals surface area contributed by atoms with E-state index in [2.05, 4.69) is 27.7 Å². The van der Waals surface area contributed by atoms with Crippen LogP contribution in [0.15, 0.2) is 0 Å². The maximum absolute atomic E-state index is 10.6.